The van der Waals surface area contributed by atoms with Crippen molar-refractivity contribution in [3.8, 4) is 5.75 Å². The molecule has 0 aliphatic rings. The predicted octanol–water partition coefficient (Wildman–Crippen LogP) is 2.30. The number of nitrogens with one attached hydrogen (secondary N) is 1. The Hall–Kier alpha value is -2.90. The highest BCUT2D eigenvalue weighted by atomic mass is 19.1. The maximum Gasteiger partial charge on any atom is 0.311 e. The van der Waals surface area contributed by atoms with Crippen molar-refractivity contribution in [1.82, 2.24) is 9.78 Å². The van der Waals surface area contributed by atoms with Gasteiger partial charge in [-0.2, -0.15) is 5.10 Å². The molecule has 0 aliphatic carbocycles. The van der Waals surface area contributed by atoms with Gasteiger partial charge in [-0.1, -0.05) is 6.07 Å². The zero-order valence-corrected chi connectivity index (χ0v) is 15.4. The lowest BCUT2D eigenvalue weighted by atomic mass is 10.1. The summed E-state index contributed by atoms with van der Waals surface area (Å²) in [5.74, 6) is -1.56. The van der Waals surface area contributed by atoms with Gasteiger partial charge in [0, 0.05) is 7.05 Å². The number of methoxy groups -OCH3 is 1. The van der Waals surface area contributed by atoms with Gasteiger partial charge in [-0.3, -0.25) is 14.3 Å². The van der Waals surface area contributed by atoms with Gasteiger partial charge in [0.05, 0.1) is 30.6 Å². The van der Waals surface area contributed by atoms with Crippen molar-refractivity contribution in [2.75, 3.05) is 12.4 Å². The molecule has 7 nitrogen and oxygen atoms in total. The number of esters is 1. The van der Waals surface area contributed by atoms with Crippen molar-refractivity contribution in [3.63, 3.8) is 0 Å². The Morgan fingerprint density at radius 3 is 2.58 bits per heavy atom. The highest BCUT2D eigenvalue weighted by Gasteiger charge is 2.21. The van der Waals surface area contributed by atoms with Gasteiger partial charge < -0.3 is 14.8 Å². The second-order valence-electron chi connectivity index (χ2n) is 5.94. The molecule has 2 rings (SSSR count). The third-order valence-corrected chi connectivity index (χ3v) is 4.00. The standard InChI is InChI=1S/C18H22FN3O4/c1-10-17(11(2)22(4)21-10)20-18(24)12(3)26-16(23)9-13-6-7-15(25-5)14(19)8-13/h6-8,12H,9H2,1-5H3,(H,20,24)/t12-/m1/s1. The van der Waals surface area contributed by atoms with E-state index in [4.69, 9.17) is 9.47 Å². The summed E-state index contributed by atoms with van der Waals surface area (Å²) in [6, 6.07) is 4.20. The first-order valence-electron chi connectivity index (χ1n) is 8.06. The van der Waals surface area contributed by atoms with Crippen molar-refractivity contribution in [2.24, 2.45) is 7.05 Å². The second kappa shape index (κ2) is 7.99. The van der Waals surface area contributed by atoms with Crippen LogP contribution in [0.5, 0.6) is 5.75 Å². The van der Waals surface area contributed by atoms with Gasteiger partial charge in [0.1, 0.15) is 0 Å². The fourth-order valence-electron chi connectivity index (χ4n) is 2.46. The number of carbonyl (C=O) groups is 2. The highest BCUT2D eigenvalue weighted by molar-refractivity contribution is 5.96. The van der Waals surface area contributed by atoms with Crippen LogP contribution in [0.25, 0.3) is 0 Å². The van der Waals surface area contributed by atoms with Gasteiger partial charge in [0.15, 0.2) is 17.7 Å². The summed E-state index contributed by atoms with van der Waals surface area (Å²) in [4.78, 5) is 24.3. The number of aryl methyl sites for hydroxylation is 2. The molecule has 26 heavy (non-hydrogen) atoms. The Kier molecular flexibility index (Phi) is 5.97. The molecule has 1 atom stereocenters. The molecule has 1 N–H and O–H groups in total. The van der Waals surface area contributed by atoms with E-state index in [0.29, 0.717) is 16.9 Å². The Labute approximate surface area is 151 Å². The molecule has 0 aliphatic heterocycles. The number of nitrogens with zero attached hydrogens (tertiary/aromatic N) is 2. The molecule has 1 aromatic carbocycles. The van der Waals surface area contributed by atoms with Gasteiger partial charge in [0.2, 0.25) is 0 Å². The average molecular weight is 363 g/mol. The molecular weight excluding hydrogens is 341 g/mol. The normalized spacial score (nSPS) is 11.8. The molecule has 0 unspecified atom stereocenters. The lowest BCUT2D eigenvalue weighted by molar-refractivity contribution is -0.152. The van der Waals surface area contributed by atoms with Crippen molar-refractivity contribution >= 4 is 17.6 Å². The van der Waals surface area contributed by atoms with Crippen molar-refractivity contribution in [1.29, 1.82) is 0 Å². The Morgan fingerprint density at radius 2 is 2.04 bits per heavy atom. The molecule has 0 saturated heterocycles. The molecule has 0 spiro atoms. The number of hydrogen-bond donors (Lipinski definition) is 1. The molecule has 1 heterocycles. The maximum atomic E-state index is 13.7. The fourth-order valence-corrected chi connectivity index (χ4v) is 2.46. The lowest BCUT2D eigenvalue weighted by Crippen LogP contribution is -2.30. The van der Waals surface area contributed by atoms with Crippen LogP contribution < -0.4 is 10.1 Å². The van der Waals surface area contributed by atoms with E-state index in [1.165, 1.54) is 26.2 Å². The summed E-state index contributed by atoms with van der Waals surface area (Å²) in [5, 5.41) is 6.93. The van der Waals surface area contributed by atoms with Crippen LogP contribution in [0.3, 0.4) is 0 Å². The average Bonchev–Trinajstić information content (AvgIpc) is 2.81. The summed E-state index contributed by atoms with van der Waals surface area (Å²) in [5.41, 5.74) is 2.49. The van der Waals surface area contributed by atoms with Gasteiger partial charge in [-0.05, 0) is 38.5 Å². The third-order valence-electron chi connectivity index (χ3n) is 4.00. The molecule has 140 valence electrons. The van der Waals surface area contributed by atoms with Crippen LogP contribution >= 0.6 is 0 Å². The molecule has 1 aromatic heterocycles. The fraction of sp³-hybridized carbons (Fsp3) is 0.389. The van der Waals surface area contributed by atoms with E-state index in [1.54, 1.807) is 24.7 Å². The molecule has 1 amide bonds. The number of anilines is 1. The molecule has 0 saturated carbocycles. The topological polar surface area (TPSA) is 82.4 Å². The van der Waals surface area contributed by atoms with Crippen LogP contribution in [0.15, 0.2) is 18.2 Å². The van der Waals surface area contributed by atoms with Gasteiger partial charge >= 0.3 is 5.97 Å². The van der Waals surface area contributed by atoms with Crippen LogP contribution in [-0.2, 0) is 27.8 Å². The zero-order valence-electron chi connectivity index (χ0n) is 15.4. The minimum Gasteiger partial charge on any atom is -0.494 e. The highest BCUT2D eigenvalue weighted by Crippen LogP contribution is 2.20. The van der Waals surface area contributed by atoms with Gasteiger partial charge in [-0.15, -0.1) is 0 Å². The summed E-state index contributed by atoms with van der Waals surface area (Å²) in [7, 11) is 3.13. The second-order valence-corrected chi connectivity index (χ2v) is 5.94. The number of hydrogen-bond acceptors (Lipinski definition) is 5. The van der Waals surface area contributed by atoms with Gasteiger partial charge in [0.25, 0.3) is 5.91 Å². The lowest BCUT2D eigenvalue weighted by Gasteiger charge is -2.14. The predicted molar refractivity (Wildman–Crippen MR) is 93.5 cm³/mol. The Morgan fingerprint density at radius 1 is 1.35 bits per heavy atom. The SMILES string of the molecule is COc1ccc(CC(=O)O[C@H](C)C(=O)Nc2c(C)nn(C)c2C)cc1F. The van der Waals surface area contributed by atoms with Crippen LogP contribution in [0, 0.1) is 19.7 Å². The summed E-state index contributed by atoms with van der Waals surface area (Å²) in [6.07, 6.45) is -1.15. The van der Waals surface area contributed by atoms with Crippen LogP contribution in [0.4, 0.5) is 10.1 Å². The first-order chi connectivity index (χ1) is 12.2. The number of benzene rings is 1. The van der Waals surface area contributed by atoms with Crippen molar-refractivity contribution < 1.29 is 23.5 Å². The van der Waals surface area contributed by atoms with E-state index in [0.717, 1.165) is 5.69 Å². The largest absolute Gasteiger partial charge is 0.494 e. The molecule has 2 aromatic rings. The quantitative estimate of drug-likeness (QED) is 0.797. The Bertz CT molecular complexity index is 832. The van der Waals surface area contributed by atoms with E-state index in [1.807, 2.05) is 6.92 Å². The molecule has 0 fully saturated rings. The number of rotatable bonds is 6. The molecule has 0 bridgehead atoms. The van der Waals surface area contributed by atoms with E-state index < -0.39 is 23.8 Å². The smallest absolute Gasteiger partial charge is 0.311 e. The summed E-state index contributed by atoms with van der Waals surface area (Å²) >= 11 is 0. The Balaban J connectivity index is 1.95. The molecule has 0 radical (unpaired) electrons. The minimum absolute atomic E-state index is 0.0945. The molecular formula is C18H22FN3O4. The van der Waals surface area contributed by atoms with Crippen molar-refractivity contribution in [3.05, 3.63) is 41.0 Å². The monoisotopic (exact) mass is 363 g/mol. The number of halogens is 1. The van der Waals surface area contributed by atoms with E-state index in [2.05, 4.69) is 10.4 Å². The van der Waals surface area contributed by atoms with Gasteiger partial charge in [-0.25, -0.2) is 4.39 Å². The minimum atomic E-state index is -0.996. The van der Waals surface area contributed by atoms with E-state index in [9.17, 15) is 14.0 Å². The van der Waals surface area contributed by atoms with Crippen LogP contribution in [0.1, 0.15) is 23.9 Å². The van der Waals surface area contributed by atoms with E-state index in [-0.39, 0.29) is 12.2 Å². The summed E-state index contributed by atoms with van der Waals surface area (Å²) < 4.78 is 25.3. The zero-order chi connectivity index (χ0) is 19.4. The summed E-state index contributed by atoms with van der Waals surface area (Å²) in [6.45, 7) is 5.07. The third kappa shape index (κ3) is 4.38. The number of amides is 1. The maximum absolute atomic E-state index is 13.7. The number of ether oxygens (including phenoxy) is 2. The first-order valence-corrected chi connectivity index (χ1v) is 8.06. The van der Waals surface area contributed by atoms with Crippen molar-refractivity contribution in [2.45, 2.75) is 33.3 Å². The number of carbonyl (C=O) groups excluding carboxylic acids is 2. The van der Waals surface area contributed by atoms with Crippen LogP contribution in [-0.4, -0.2) is 34.9 Å². The van der Waals surface area contributed by atoms with E-state index >= 15 is 0 Å². The number of aromatic nitrogens is 2. The van der Waals surface area contributed by atoms with Crippen LogP contribution in [0.2, 0.25) is 0 Å². The first kappa shape index (κ1) is 19.4. The molecule has 8 heteroatoms.